The van der Waals surface area contributed by atoms with Gasteiger partial charge in [-0.3, -0.25) is 19.7 Å². The van der Waals surface area contributed by atoms with Crippen molar-refractivity contribution in [1.82, 2.24) is 5.32 Å². The number of carbonyl (C=O) groups excluding carboxylic acids is 2. The maximum Gasteiger partial charge on any atom is 0.313 e. The molecule has 0 spiro atoms. The number of rotatable bonds is 5. The van der Waals surface area contributed by atoms with Crippen molar-refractivity contribution < 1.29 is 19.6 Å². The van der Waals surface area contributed by atoms with Crippen LogP contribution in [0.4, 0.5) is 11.4 Å². The first kappa shape index (κ1) is 18.6. The molecule has 0 fully saturated rings. The van der Waals surface area contributed by atoms with Gasteiger partial charge in [-0.25, -0.2) is 0 Å². The minimum Gasteiger partial charge on any atom is -0.393 e. The Balaban J connectivity index is 2.56. The minimum atomic E-state index is -0.996. The molecule has 0 aliphatic heterocycles. The molecule has 0 aliphatic rings. The van der Waals surface area contributed by atoms with Crippen LogP contribution in [-0.4, -0.2) is 34.5 Å². The highest BCUT2D eigenvalue weighted by atomic mass is 16.6. The van der Waals surface area contributed by atoms with Crippen LogP contribution in [0.5, 0.6) is 0 Å². The highest BCUT2D eigenvalue weighted by Gasteiger charge is 2.23. The number of hydrogen-bond acceptors (Lipinski definition) is 5. The Morgan fingerprint density at radius 3 is 2.43 bits per heavy atom. The molecule has 1 aromatic rings. The number of carbonyl (C=O) groups is 2. The number of nitro groups is 1. The van der Waals surface area contributed by atoms with E-state index in [9.17, 15) is 24.8 Å². The molecule has 2 amide bonds. The van der Waals surface area contributed by atoms with E-state index in [0.29, 0.717) is 6.42 Å². The average molecular weight is 323 g/mol. The van der Waals surface area contributed by atoms with Gasteiger partial charge in [0.2, 0.25) is 0 Å². The fourth-order valence-electron chi connectivity index (χ4n) is 1.75. The molecular formula is C15H21N3O5. The summed E-state index contributed by atoms with van der Waals surface area (Å²) >= 11 is 0. The number of amides is 2. The maximum absolute atomic E-state index is 11.8. The van der Waals surface area contributed by atoms with Gasteiger partial charge in [0.15, 0.2) is 0 Å². The zero-order valence-electron chi connectivity index (χ0n) is 13.3. The molecule has 0 aliphatic carbocycles. The van der Waals surface area contributed by atoms with E-state index in [4.69, 9.17) is 0 Å². The van der Waals surface area contributed by atoms with Gasteiger partial charge in [-0.1, -0.05) is 32.9 Å². The van der Waals surface area contributed by atoms with Gasteiger partial charge in [0.05, 0.1) is 11.0 Å². The summed E-state index contributed by atoms with van der Waals surface area (Å²) in [6.45, 7) is 5.71. The number of para-hydroxylation sites is 2. The van der Waals surface area contributed by atoms with Crippen molar-refractivity contribution in [1.29, 1.82) is 0 Å². The monoisotopic (exact) mass is 323 g/mol. The predicted molar refractivity (Wildman–Crippen MR) is 84.8 cm³/mol. The third-order valence-electron chi connectivity index (χ3n) is 3.26. The molecule has 8 heteroatoms. The van der Waals surface area contributed by atoms with Crippen molar-refractivity contribution in [3.8, 4) is 0 Å². The number of nitro benzene ring substituents is 1. The van der Waals surface area contributed by atoms with E-state index in [1.54, 1.807) is 0 Å². The third kappa shape index (κ3) is 5.67. The van der Waals surface area contributed by atoms with Gasteiger partial charge in [0, 0.05) is 12.6 Å². The molecule has 0 saturated carbocycles. The van der Waals surface area contributed by atoms with Crippen LogP contribution in [0, 0.1) is 15.5 Å². The van der Waals surface area contributed by atoms with Crippen molar-refractivity contribution in [2.24, 2.45) is 5.41 Å². The second-order valence-corrected chi connectivity index (χ2v) is 6.15. The number of benzene rings is 1. The normalized spacial score (nSPS) is 12.3. The molecule has 8 nitrogen and oxygen atoms in total. The first-order valence-electron chi connectivity index (χ1n) is 7.13. The lowest BCUT2D eigenvalue weighted by Crippen LogP contribution is -2.38. The van der Waals surface area contributed by atoms with E-state index in [1.165, 1.54) is 24.3 Å². The van der Waals surface area contributed by atoms with E-state index in [2.05, 4.69) is 10.6 Å². The zero-order chi connectivity index (χ0) is 17.6. The van der Waals surface area contributed by atoms with Crippen molar-refractivity contribution in [3.05, 3.63) is 34.4 Å². The molecule has 1 unspecified atom stereocenters. The van der Waals surface area contributed by atoms with Crippen LogP contribution in [0.2, 0.25) is 0 Å². The van der Waals surface area contributed by atoms with Crippen molar-refractivity contribution >= 4 is 23.2 Å². The first-order valence-corrected chi connectivity index (χ1v) is 7.13. The van der Waals surface area contributed by atoms with E-state index in [-0.39, 0.29) is 23.3 Å². The van der Waals surface area contributed by atoms with Crippen molar-refractivity contribution in [3.63, 3.8) is 0 Å². The number of aliphatic hydroxyl groups excluding tert-OH is 1. The Hall–Kier alpha value is -2.48. The topological polar surface area (TPSA) is 122 Å². The van der Waals surface area contributed by atoms with Crippen molar-refractivity contribution in [2.45, 2.75) is 33.3 Å². The van der Waals surface area contributed by atoms with Crippen LogP contribution in [-0.2, 0) is 9.59 Å². The summed E-state index contributed by atoms with van der Waals surface area (Å²) in [6.07, 6.45) is -0.324. The number of nitrogens with zero attached hydrogens (tertiary/aromatic N) is 1. The van der Waals surface area contributed by atoms with Gasteiger partial charge in [-0.15, -0.1) is 0 Å². The smallest absolute Gasteiger partial charge is 0.313 e. The highest BCUT2D eigenvalue weighted by molar-refractivity contribution is 6.39. The summed E-state index contributed by atoms with van der Waals surface area (Å²) in [5.74, 6) is -1.91. The lowest BCUT2D eigenvalue weighted by atomic mass is 9.87. The SMILES string of the molecule is CC(C)(C)C(O)CCNC(=O)C(=O)Nc1ccccc1[N+](=O)[O-]. The second kappa shape index (κ2) is 7.68. The van der Waals surface area contributed by atoms with Crippen LogP contribution >= 0.6 is 0 Å². The van der Waals surface area contributed by atoms with Crippen LogP contribution < -0.4 is 10.6 Å². The Kier molecular flexibility index (Phi) is 6.20. The van der Waals surface area contributed by atoms with Gasteiger partial charge in [-0.05, 0) is 17.9 Å². The predicted octanol–water partition coefficient (Wildman–Crippen LogP) is 1.45. The Morgan fingerprint density at radius 2 is 1.87 bits per heavy atom. The Morgan fingerprint density at radius 1 is 1.26 bits per heavy atom. The minimum absolute atomic E-state index is 0.0487. The van der Waals surface area contributed by atoms with Gasteiger partial charge >= 0.3 is 11.8 Å². The fourth-order valence-corrected chi connectivity index (χ4v) is 1.75. The molecule has 0 aromatic heterocycles. The summed E-state index contributed by atoms with van der Waals surface area (Å²) in [7, 11) is 0. The molecule has 0 radical (unpaired) electrons. The molecule has 0 saturated heterocycles. The fraction of sp³-hybridized carbons (Fsp3) is 0.467. The lowest BCUT2D eigenvalue weighted by molar-refractivity contribution is -0.383. The maximum atomic E-state index is 11.8. The summed E-state index contributed by atoms with van der Waals surface area (Å²) < 4.78 is 0. The van der Waals surface area contributed by atoms with Crippen LogP contribution in [0.1, 0.15) is 27.2 Å². The molecule has 0 bridgehead atoms. The number of aliphatic hydroxyl groups is 1. The average Bonchev–Trinajstić information content (AvgIpc) is 2.46. The molecule has 1 atom stereocenters. The Labute approximate surface area is 134 Å². The summed E-state index contributed by atoms with van der Waals surface area (Å²) in [6, 6.07) is 5.54. The molecule has 3 N–H and O–H groups in total. The summed E-state index contributed by atoms with van der Waals surface area (Å²) in [4.78, 5) is 33.6. The van der Waals surface area contributed by atoms with Gasteiger partial charge in [0.1, 0.15) is 5.69 Å². The van der Waals surface area contributed by atoms with Crippen molar-refractivity contribution in [2.75, 3.05) is 11.9 Å². The second-order valence-electron chi connectivity index (χ2n) is 6.15. The summed E-state index contributed by atoms with van der Waals surface area (Å²) in [5, 5.41) is 25.3. The number of hydrogen-bond donors (Lipinski definition) is 3. The molecular weight excluding hydrogens is 302 g/mol. The first-order chi connectivity index (χ1) is 10.6. The largest absolute Gasteiger partial charge is 0.393 e. The van der Waals surface area contributed by atoms with E-state index >= 15 is 0 Å². The van der Waals surface area contributed by atoms with Crippen LogP contribution in [0.3, 0.4) is 0 Å². The quantitative estimate of drug-likeness (QED) is 0.430. The van der Waals surface area contributed by atoms with E-state index < -0.39 is 22.8 Å². The Bertz CT molecular complexity index is 595. The molecule has 0 heterocycles. The highest BCUT2D eigenvalue weighted by Crippen LogP contribution is 2.23. The van der Waals surface area contributed by atoms with Crippen LogP contribution in [0.25, 0.3) is 0 Å². The molecule has 1 aromatic carbocycles. The lowest BCUT2D eigenvalue weighted by Gasteiger charge is -2.25. The third-order valence-corrected chi connectivity index (χ3v) is 3.26. The molecule has 126 valence electrons. The standard InChI is InChI=1S/C15H21N3O5/c1-15(2,3)12(19)8-9-16-13(20)14(21)17-10-6-4-5-7-11(10)18(22)23/h4-7,12,19H,8-9H2,1-3H3,(H,16,20)(H,17,21). The summed E-state index contributed by atoms with van der Waals surface area (Å²) in [5.41, 5.74) is -0.665. The number of anilines is 1. The van der Waals surface area contributed by atoms with Gasteiger partial charge < -0.3 is 15.7 Å². The molecule has 1 rings (SSSR count). The van der Waals surface area contributed by atoms with Gasteiger partial charge in [0.25, 0.3) is 5.69 Å². The van der Waals surface area contributed by atoms with E-state index in [0.717, 1.165) is 0 Å². The zero-order valence-corrected chi connectivity index (χ0v) is 13.3. The van der Waals surface area contributed by atoms with Crippen LogP contribution in [0.15, 0.2) is 24.3 Å². The van der Waals surface area contributed by atoms with Gasteiger partial charge in [-0.2, -0.15) is 0 Å². The molecule has 23 heavy (non-hydrogen) atoms. The van der Waals surface area contributed by atoms with E-state index in [1.807, 2.05) is 20.8 Å². The number of nitrogens with one attached hydrogen (secondary N) is 2.